The van der Waals surface area contributed by atoms with E-state index in [4.69, 9.17) is 16.3 Å². The largest absolute Gasteiger partial charge is 0.522 e. The minimum Gasteiger partial charge on any atom is -0.391 e. The summed E-state index contributed by atoms with van der Waals surface area (Å²) in [4.78, 5) is 73.1. The number of fused-ring (bicyclic) bond motifs is 7. The Kier molecular flexibility index (Phi) is 21.3. The van der Waals surface area contributed by atoms with Crippen LogP contribution in [0.4, 0.5) is 13.2 Å². The van der Waals surface area contributed by atoms with E-state index < -0.39 is 19.1 Å². The van der Waals surface area contributed by atoms with Crippen LogP contribution in [-0.4, -0.2) is 178 Å². The Morgan fingerprint density at radius 2 is 0.911 bits per heavy atom. The Bertz CT molecular complexity index is 4460. The minimum absolute atomic E-state index is 0.0128. The first-order valence-corrected chi connectivity index (χ1v) is 34.4. The third-order valence-corrected chi connectivity index (χ3v) is 21.2. The number of hydrogen-bond acceptors (Lipinski definition) is 16. The van der Waals surface area contributed by atoms with Crippen LogP contribution in [0, 0.1) is 54.8 Å². The summed E-state index contributed by atoms with van der Waals surface area (Å²) in [6.07, 6.45) is 10.00. The molecule has 6 unspecified atom stereocenters. The fourth-order valence-electron chi connectivity index (χ4n) is 16.3. The van der Waals surface area contributed by atoms with Crippen LogP contribution in [0.2, 0.25) is 0 Å². The molecule has 0 radical (unpaired) electrons. The van der Waals surface area contributed by atoms with Gasteiger partial charge in [0.1, 0.15) is 0 Å². The molecule has 20 nitrogen and oxygen atoms in total. The molecule has 14 rings (SSSR count). The zero-order chi connectivity index (χ0) is 71.6. The average molecular weight is 1370 g/mol. The summed E-state index contributed by atoms with van der Waals surface area (Å²) >= 11 is 0. The summed E-state index contributed by atoms with van der Waals surface area (Å²) in [5.41, 5.74) is 16.9. The summed E-state index contributed by atoms with van der Waals surface area (Å²) in [6.45, 7) is 6.49. The van der Waals surface area contributed by atoms with Gasteiger partial charge in [0.25, 0.3) is 11.8 Å². The van der Waals surface area contributed by atoms with E-state index in [1.54, 1.807) is 84.9 Å². The highest BCUT2D eigenvalue weighted by molar-refractivity contribution is 6.21. The standard InChI is InChI=1S/C31H28N4O4.C24H26F3N3O3.C23H26N4O2/c1-19-26(29(37)18-34-22-12-13-27(34)28(36)16-22)15-23(35(19)21-10-8-20(17-32)9-11-21)5-4-14-33-30(38)24-6-2-3-7-25(24)31(33)39;1-15-20(23(32)14-29-18-8-9-21(29)22(31)12-18)11-19(3-2-10-33-24(25,26)27)30(15)17-6-4-16(13-28)5-7-17;1-15-20(23(29)14-26-18-8-9-21(26)22(28)12-18)11-19(3-2-10-24)27(15)17-6-4-16(13-25)5-7-17/h2-11,15,22,27-28,36H,12-14,16,18H2,1H3;4-7,11,18,21-22,31H,2-3,8-10,12,14H2,1H3;2-7,11,18,21-22,28H,8-10,12,14,24H2,1H3/b5-4+;;3-2+/t22?,27?,28-;2*18?,21?,22-/m000/s1. The molecule has 7 aliphatic heterocycles. The number of hydrogen-bond donors (Lipinski definition) is 4. The van der Waals surface area contributed by atoms with Crippen molar-refractivity contribution in [3.8, 4) is 35.3 Å². The zero-order valence-corrected chi connectivity index (χ0v) is 56.5. The number of rotatable bonds is 21. The zero-order valence-electron chi connectivity index (χ0n) is 56.5. The number of nitriles is 3. The van der Waals surface area contributed by atoms with Gasteiger partial charge >= 0.3 is 6.36 Å². The van der Waals surface area contributed by atoms with Crippen molar-refractivity contribution in [2.24, 2.45) is 5.73 Å². The molecule has 6 fully saturated rings. The SMILES string of the molecule is Cc1c(C(=O)CN2C3CCC2[C@@H](O)C3)cc(/C=C/CN)n1-c1ccc(C#N)cc1.Cc1c(C(=O)CN2C3CCC2[C@@H](O)C3)cc(/C=C/CN2C(=O)c3ccccc3C2=O)n1-c1ccc(C#N)cc1.Cc1c(C(=O)CN2C3CCC2[C@@H](O)C3)cc(CCCOC(F)(F)F)n1-c1ccc(C#N)cc1. The Morgan fingerprint density at radius 1 is 0.545 bits per heavy atom. The van der Waals surface area contributed by atoms with Gasteiger partial charge in [-0.3, -0.25) is 48.3 Å². The summed E-state index contributed by atoms with van der Waals surface area (Å²) in [7, 11) is 0. The molecule has 4 aromatic carbocycles. The van der Waals surface area contributed by atoms with E-state index >= 15 is 0 Å². The molecule has 522 valence electrons. The first-order valence-electron chi connectivity index (χ1n) is 34.4. The predicted octanol–water partition coefficient (Wildman–Crippen LogP) is 10.1. The van der Waals surface area contributed by atoms with Crippen molar-refractivity contribution in [3.63, 3.8) is 0 Å². The number of alkyl halides is 3. The van der Waals surface area contributed by atoms with Crippen molar-refractivity contribution in [3.05, 3.63) is 206 Å². The number of aliphatic hydroxyl groups is 3. The van der Waals surface area contributed by atoms with E-state index in [-0.39, 0.29) is 104 Å². The van der Waals surface area contributed by atoms with Gasteiger partial charge in [-0.05, 0) is 207 Å². The molecule has 7 aromatic rings. The molecule has 0 spiro atoms. The number of ketones is 3. The number of imide groups is 1. The number of carbonyl (C=O) groups excluding carboxylic acids is 5. The van der Waals surface area contributed by atoms with Crippen molar-refractivity contribution in [2.45, 2.75) is 152 Å². The maximum Gasteiger partial charge on any atom is 0.522 e. The normalized spacial score (nSPS) is 22.8. The van der Waals surface area contributed by atoms with Crippen molar-refractivity contribution in [1.29, 1.82) is 15.8 Å². The molecule has 10 heterocycles. The maximum atomic E-state index is 13.5. The molecule has 6 saturated heterocycles. The Balaban J connectivity index is 0.000000145. The molecule has 0 saturated carbocycles. The number of benzene rings is 4. The number of nitrogens with two attached hydrogens (primary N) is 1. The van der Waals surface area contributed by atoms with Crippen LogP contribution >= 0.6 is 0 Å². The fourth-order valence-corrected chi connectivity index (χ4v) is 16.3. The van der Waals surface area contributed by atoms with Crippen molar-refractivity contribution >= 4 is 41.3 Å². The molecule has 5 N–H and O–H groups in total. The molecule has 2 amide bonds. The van der Waals surface area contributed by atoms with Gasteiger partial charge in [0, 0.05) is 117 Å². The first kappa shape index (κ1) is 71.1. The first-order chi connectivity index (χ1) is 48.6. The number of carbonyl (C=O) groups is 5. The number of halogens is 3. The molecular weight excluding hydrogens is 1290 g/mol. The fraction of sp³-hybridized carbons (Fsp3) is 0.385. The van der Waals surface area contributed by atoms with Crippen LogP contribution < -0.4 is 5.73 Å². The Labute approximate surface area is 583 Å². The van der Waals surface area contributed by atoms with Gasteiger partial charge in [-0.25, -0.2) is 0 Å². The smallest absolute Gasteiger partial charge is 0.391 e. The minimum atomic E-state index is -4.67. The third kappa shape index (κ3) is 14.8. The van der Waals surface area contributed by atoms with Crippen molar-refractivity contribution in [2.75, 3.05) is 39.3 Å². The quantitative estimate of drug-likeness (QED) is 0.0296. The number of aromatic nitrogens is 3. The van der Waals surface area contributed by atoms with Crippen LogP contribution in [0.15, 0.2) is 127 Å². The second kappa shape index (κ2) is 30.2. The lowest BCUT2D eigenvalue weighted by Gasteiger charge is -2.21. The molecular formula is C78H80F3N11O9. The number of aryl methyl sites for hydroxylation is 1. The van der Waals surface area contributed by atoms with Crippen molar-refractivity contribution < 1.29 is 57.2 Å². The van der Waals surface area contributed by atoms with Gasteiger partial charge in [0.05, 0.1) is 90.6 Å². The van der Waals surface area contributed by atoms with Gasteiger partial charge in [0.2, 0.25) is 0 Å². The summed E-state index contributed by atoms with van der Waals surface area (Å²) < 4.78 is 46.7. The van der Waals surface area contributed by atoms with E-state index in [0.29, 0.717) is 81.4 Å². The number of nitrogens with zero attached hydrogens (tertiary/aromatic N) is 10. The molecule has 9 atom stereocenters. The van der Waals surface area contributed by atoms with Crippen LogP contribution in [0.1, 0.15) is 167 Å². The lowest BCUT2D eigenvalue weighted by molar-refractivity contribution is -0.324. The molecule has 7 aliphatic rings. The van der Waals surface area contributed by atoms with Gasteiger partial charge in [-0.15, -0.1) is 13.2 Å². The lowest BCUT2D eigenvalue weighted by Crippen LogP contribution is -2.36. The topological polar surface area (TPSA) is 280 Å². The van der Waals surface area contributed by atoms with E-state index in [1.807, 2.05) is 89.1 Å². The van der Waals surface area contributed by atoms with E-state index in [9.17, 15) is 57.7 Å². The van der Waals surface area contributed by atoms with Gasteiger partial charge in [-0.2, -0.15) is 15.8 Å². The number of ether oxygens (including phenoxy) is 1. The van der Waals surface area contributed by atoms with Gasteiger partial charge in [-0.1, -0.05) is 24.3 Å². The van der Waals surface area contributed by atoms with Crippen LogP contribution in [0.25, 0.3) is 29.2 Å². The molecule has 6 bridgehead atoms. The number of Topliss-reactive ketones (excluding diaryl/α,β-unsaturated/α-hetero) is 3. The molecule has 0 aliphatic carbocycles. The third-order valence-electron chi connectivity index (χ3n) is 21.2. The Hall–Kier alpha value is -9.71. The van der Waals surface area contributed by atoms with Crippen LogP contribution in [0.3, 0.4) is 0 Å². The predicted molar refractivity (Wildman–Crippen MR) is 370 cm³/mol. The van der Waals surface area contributed by atoms with E-state index in [1.165, 1.54) is 4.90 Å². The summed E-state index contributed by atoms with van der Waals surface area (Å²) in [5.74, 6) is -0.655. The van der Waals surface area contributed by atoms with Crippen LogP contribution in [0.5, 0.6) is 0 Å². The summed E-state index contributed by atoms with van der Waals surface area (Å²) in [6, 6.07) is 40.8. The van der Waals surface area contributed by atoms with Gasteiger partial charge < -0.3 is 34.8 Å². The highest BCUT2D eigenvalue weighted by Crippen LogP contribution is 2.41. The maximum absolute atomic E-state index is 13.5. The van der Waals surface area contributed by atoms with Crippen LogP contribution in [-0.2, 0) is 11.2 Å². The second-order valence-corrected chi connectivity index (χ2v) is 27.0. The molecule has 101 heavy (non-hydrogen) atoms. The number of aliphatic hydroxyl groups excluding tert-OH is 3. The highest BCUT2D eigenvalue weighted by Gasteiger charge is 2.49. The highest BCUT2D eigenvalue weighted by atomic mass is 19.4. The van der Waals surface area contributed by atoms with E-state index in [0.717, 1.165) is 91.2 Å². The average Bonchev–Trinajstić information content (AvgIpc) is 1.64. The molecule has 3 aromatic heterocycles. The lowest BCUT2D eigenvalue weighted by atomic mass is 9.98. The van der Waals surface area contributed by atoms with E-state index in [2.05, 4.69) is 37.6 Å². The Morgan fingerprint density at radius 3 is 1.26 bits per heavy atom. The van der Waals surface area contributed by atoms with Crippen molar-refractivity contribution in [1.82, 2.24) is 33.3 Å². The molecule has 23 heteroatoms. The van der Waals surface area contributed by atoms with Gasteiger partial charge in [0.15, 0.2) is 17.3 Å². The second-order valence-electron chi connectivity index (χ2n) is 27.0. The number of amides is 2. The monoisotopic (exact) mass is 1370 g/mol. The summed E-state index contributed by atoms with van der Waals surface area (Å²) in [5, 5.41) is 58.0.